The number of imide groups is 1. The van der Waals surface area contributed by atoms with E-state index in [0.717, 1.165) is 16.5 Å². The number of nitrogens with one attached hydrogen (secondary N) is 2. The van der Waals surface area contributed by atoms with E-state index in [-0.39, 0.29) is 37.1 Å². The lowest BCUT2D eigenvalue weighted by atomic mass is 10.0. The van der Waals surface area contributed by atoms with Gasteiger partial charge in [0, 0.05) is 54.3 Å². The van der Waals surface area contributed by atoms with Crippen LogP contribution in [0.4, 0.5) is 0 Å². The number of aromatic amines is 1. The van der Waals surface area contributed by atoms with E-state index in [2.05, 4.69) is 10.3 Å². The van der Waals surface area contributed by atoms with E-state index in [1.165, 1.54) is 4.90 Å². The average molecular weight is 444 g/mol. The van der Waals surface area contributed by atoms with Crippen LogP contribution in [-0.4, -0.2) is 51.0 Å². The summed E-state index contributed by atoms with van der Waals surface area (Å²) in [6.45, 7) is 3.05. The van der Waals surface area contributed by atoms with E-state index in [0.29, 0.717) is 29.8 Å². The standard InChI is InChI=1S/C25H24N4O4/c1-2-28(13-15-12-26-20-9-4-3-6-16(15)20)24(32)17-7-5-8-18-19(17)14-29(25(18)33)21-10-11-22(30)27-23(21)31/h3-9,12,21,26H,2,10-11,13-14H2,1H3,(H,27,30,31). The smallest absolute Gasteiger partial charge is 0.255 e. The van der Waals surface area contributed by atoms with Crippen LogP contribution in [-0.2, 0) is 22.7 Å². The Morgan fingerprint density at radius 2 is 1.94 bits per heavy atom. The van der Waals surface area contributed by atoms with Crippen LogP contribution < -0.4 is 5.32 Å². The Hall–Kier alpha value is -3.94. The van der Waals surface area contributed by atoms with Crippen molar-refractivity contribution >= 4 is 34.5 Å². The number of benzene rings is 2. The van der Waals surface area contributed by atoms with Crippen molar-refractivity contribution in [2.75, 3.05) is 6.54 Å². The minimum atomic E-state index is -0.709. The maximum absolute atomic E-state index is 13.6. The van der Waals surface area contributed by atoms with Crippen LogP contribution in [0.5, 0.6) is 0 Å². The highest BCUT2D eigenvalue weighted by Crippen LogP contribution is 2.31. The zero-order chi connectivity index (χ0) is 23.1. The molecule has 1 atom stereocenters. The van der Waals surface area contributed by atoms with Gasteiger partial charge >= 0.3 is 0 Å². The monoisotopic (exact) mass is 444 g/mol. The summed E-state index contributed by atoms with van der Waals surface area (Å²) in [7, 11) is 0. The fourth-order valence-corrected chi connectivity index (χ4v) is 4.75. The van der Waals surface area contributed by atoms with Crippen molar-refractivity contribution in [1.82, 2.24) is 20.1 Å². The first-order valence-corrected chi connectivity index (χ1v) is 11.1. The lowest BCUT2D eigenvalue weighted by molar-refractivity contribution is -0.136. The van der Waals surface area contributed by atoms with E-state index in [9.17, 15) is 19.2 Å². The van der Waals surface area contributed by atoms with Gasteiger partial charge in [0.25, 0.3) is 11.8 Å². The summed E-state index contributed by atoms with van der Waals surface area (Å²) in [5, 5.41) is 3.38. The number of carbonyl (C=O) groups is 4. The molecule has 2 aromatic carbocycles. The summed E-state index contributed by atoms with van der Waals surface area (Å²) in [4.78, 5) is 56.9. The molecule has 3 aromatic rings. The summed E-state index contributed by atoms with van der Waals surface area (Å²) >= 11 is 0. The summed E-state index contributed by atoms with van der Waals surface area (Å²) in [5.74, 6) is -1.23. The fraction of sp³-hybridized carbons (Fsp3) is 0.280. The molecule has 1 unspecified atom stereocenters. The predicted octanol–water partition coefficient (Wildman–Crippen LogP) is 2.59. The average Bonchev–Trinajstić information content (AvgIpc) is 3.38. The molecule has 2 aliphatic heterocycles. The molecule has 0 saturated carbocycles. The van der Waals surface area contributed by atoms with Crippen molar-refractivity contribution in [3.05, 3.63) is 70.9 Å². The van der Waals surface area contributed by atoms with Crippen LogP contribution in [0.1, 0.15) is 51.6 Å². The molecule has 4 amide bonds. The maximum atomic E-state index is 13.6. The van der Waals surface area contributed by atoms with Crippen molar-refractivity contribution in [1.29, 1.82) is 0 Å². The Labute approximate surface area is 190 Å². The number of rotatable bonds is 5. The summed E-state index contributed by atoms with van der Waals surface area (Å²) in [5.41, 5.74) is 3.58. The van der Waals surface area contributed by atoms with Gasteiger partial charge in [0.05, 0.1) is 0 Å². The Morgan fingerprint density at radius 1 is 1.12 bits per heavy atom. The van der Waals surface area contributed by atoms with Gasteiger partial charge < -0.3 is 14.8 Å². The van der Waals surface area contributed by atoms with E-state index in [1.54, 1.807) is 23.1 Å². The van der Waals surface area contributed by atoms with Gasteiger partial charge in [0.15, 0.2) is 0 Å². The summed E-state index contributed by atoms with van der Waals surface area (Å²) in [6.07, 6.45) is 2.40. The number of carbonyl (C=O) groups excluding carboxylic acids is 4. The highest BCUT2D eigenvalue weighted by molar-refractivity contribution is 6.07. The van der Waals surface area contributed by atoms with E-state index in [1.807, 2.05) is 37.4 Å². The number of piperidine rings is 1. The van der Waals surface area contributed by atoms with E-state index in [4.69, 9.17) is 0 Å². The number of nitrogens with zero attached hydrogens (tertiary/aromatic N) is 2. The molecule has 0 bridgehead atoms. The van der Waals surface area contributed by atoms with Crippen LogP contribution in [0.25, 0.3) is 10.9 Å². The first kappa shape index (κ1) is 20.9. The highest BCUT2D eigenvalue weighted by Gasteiger charge is 2.40. The molecule has 168 valence electrons. The number of hydrogen-bond donors (Lipinski definition) is 2. The first-order valence-electron chi connectivity index (χ1n) is 11.1. The van der Waals surface area contributed by atoms with Crippen LogP contribution >= 0.6 is 0 Å². The number of hydrogen-bond acceptors (Lipinski definition) is 4. The Bertz CT molecular complexity index is 1290. The molecule has 33 heavy (non-hydrogen) atoms. The Morgan fingerprint density at radius 3 is 2.73 bits per heavy atom. The second kappa shape index (κ2) is 8.20. The molecule has 8 heteroatoms. The SMILES string of the molecule is CCN(Cc1c[nH]c2ccccc12)C(=O)c1cccc2c1CN(C1CCC(=O)NC1=O)C2=O. The largest absolute Gasteiger partial charge is 0.361 e. The maximum Gasteiger partial charge on any atom is 0.255 e. The van der Waals surface area contributed by atoms with Gasteiger partial charge in [0.2, 0.25) is 11.8 Å². The summed E-state index contributed by atoms with van der Waals surface area (Å²) < 4.78 is 0. The van der Waals surface area contributed by atoms with Crippen molar-refractivity contribution in [2.45, 2.75) is 38.9 Å². The number of para-hydroxylation sites is 1. The van der Waals surface area contributed by atoms with Gasteiger partial charge in [0.1, 0.15) is 6.04 Å². The van der Waals surface area contributed by atoms with Gasteiger partial charge in [-0.3, -0.25) is 24.5 Å². The number of aromatic nitrogens is 1. The Kier molecular flexibility index (Phi) is 5.20. The third kappa shape index (κ3) is 3.57. The molecular formula is C25H24N4O4. The molecule has 8 nitrogen and oxygen atoms in total. The molecular weight excluding hydrogens is 420 g/mol. The minimum absolute atomic E-state index is 0.155. The Balaban J connectivity index is 1.42. The van der Waals surface area contributed by atoms with E-state index < -0.39 is 11.9 Å². The lowest BCUT2D eigenvalue weighted by Gasteiger charge is -2.29. The lowest BCUT2D eigenvalue weighted by Crippen LogP contribution is -2.52. The van der Waals surface area contributed by atoms with Crippen LogP contribution in [0.2, 0.25) is 0 Å². The fourth-order valence-electron chi connectivity index (χ4n) is 4.75. The molecule has 1 fully saturated rings. The number of H-pyrrole nitrogens is 1. The molecule has 5 rings (SSSR count). The predicted molar refractivity (Wildman–Crippen MR) is 121 cm³/mol. The van der Waals surface area contributed by atoms with E-state index >= 15 is 0 Å². The molecule has 1 saturated heterocycles. The molecule has 2 aliphatic rings. The molecule has 2 N–H and O–H groups in total. The zero-order valence-corrected chi connectivity index (χ0v) is 18.3. The van der Waals surface area contributed by atoms with Crippen molar-refractivity contribution in [2.24, 2.45) is 0 Å². The van der Waals surface area contributed by atoms with Crippen molar-refractivity contribution in [3.8, 4) is 0 Å². The van der Waals surface area contributed by atoms with Gasteiger partial charge in [-0.15, -0.1) is 0 Å². The quantitative estimate of drug-likeness (QED) is 0.591. The molecule has 0 aliphatic carbocycles. The second-order valence-corrected chi connectivity index (χ2v) is 8.41. The van der Waals surface area contributed by atoms with Crippen molar-refractivity contribution in [3.63, 3.8) is 0 Å². The molecule has 1 aromatic heterocycles. The number of amides is 4. The topological polar surface area (TPSA) is 103 Å². The van der Waals surface area contributed by atoms with Gasteiger partial charge in [-0.05, 0) is 42.7 Å². The molecule has 3 heterocycles. The van der Waals surface area contributed by atoms with Crippen LogP contribution in [0.3, 0.4) is 0 Å². The third-order valence-electron chi connectivity index (χ3n) is 6.52. The first-order chi connectivity index (χ1) is 16.0. The van der Waals surface area contributed by atoms with Crippen LogP contribution in [0.15, 0.2) is 48.7 Å². The minimum Gasteiger partial charge on any atom is -0.361 e. The van der Waals surface area contributed by atoms with Crippen LogP contribution in [0, 0.1) is 0 Å². The second-order valence-electron chi connectivity index (χ2n) is 8.41. The third-order valence-corrected chi connectivity index (χ3v) is 6.52. The number of fused-ring (bicyclic) bond motifs is 2. The van der Waals surface area contributed by atoms with Gasteiger partial charge in [-0.25, -0.2) is 0 Å². The van der Waals surface area contributed by atoms with Gasteiger partial charge in [-0.2, -0.15) is 0 Å². The van der Waals surface area contributed by atoms with Crippen molar-refractivity contribution < 1.29 is 19.2 Å². The molecule has 0 radical (unpaired) electrons. The molecule has 0 spiro atoms. The highest BCUT2D eigenvalue weighted by atomic mass is 16.2. The normalized spacial score (nSPS) is 17.9. The summed E-state index contributed by atoms with van der Waals surface area (Å²) in [6, 6.07) is 12.4. The van der Waals surface area contributed by atoms with Gasteiger partial charge in [-0.1, -0.05) is 24.3 Å². The zero-order valence-electron chi connectivity index (χ0n) is 18.3.